The number of hydrogen-bond acceptors (Lipinski definition) is 8. The SMILES string of the molecule is CCO.Nc1ccc(Cc2ccc(N)cc2)cc1.O=C(c1ccc(C(=O)O)c(C(=O)O)c1)c1ccc(C(=O)O)c(C(=O)O)c1. The Kier molecular flexibility index (Phi) is 12.3. The largest absolute Gasteiger partial charge is 0.478 e. The molecule has 0 amide bonds. The standard InChI is InChI=1S/C17H10O9.C13H14N2.C2H6O/c18-13(7-1-3-9(14(19)20)11(5-7)16(23)24)8-2-4-10(15(21)22)12(6-8)17(25)26;14-12-5-1-10(2-6-12)9-11-3-7-13(15)8-4-11;1-2-3/h1-6H,(H,19,20)(H,21,22)(H,23,24)(H,25,26);1-8H,9,14-15H2;3H,2H2,1H3. The zero-order chi connectivity index (χ0) is 33.0. The fraction of sp³-hybridized carbons (Fsp3) is 0.0938. The first-order valence-electron chi connectivity index (χ1n) is 12.8. The van der Waals surface area contributed by atoms with E-state index in [4.69, 9.17) is 37.0 Å². The lowest BCUT2D eigenvalue weighted by molar-refractivity contribution is 0.0651. The zero-order valence-corrected chi connectivity index (χ0v) is 23.4. The zero-order valence-electron chi connectivity index (χ0n) is 23.4. The van der Waals surface area contributed by atoms with Crippen molar-refractivity contribution in [1.29, 1.82) is 0 Å². The Bertz CT molecular complexity index is 1540. The van der Waals surface area contributed by atoms with Gasteiger partial charge in [-0.1, -0.05) is 36.4 Å². The number of ketones is 1. The van der Waals surface area contributed by atoms with Crippen LogP contribution < -0.4 is 11.5 Å². The van der Waals surface area contributed by atoms with Gasteiger partial charge in [0, 0.05) is 29.1 Å². The first-order chi connectivity index (χ1) is 20.8. The molecule has 4 rings (SSSR count). The Balaban J connectivity index is 0.000000315. The van der Waals surface area contributed by atoms with Crippen LogP contribution >= 0.6 is 0 Å². The molecule has 4 aromatic rings. The van der Waals surface area contributed by atoms with Gasteiger partial charge in [-0.3, -0.25) is 4.79 Å². The average molecular weight is 603 g/mol. The van der Waals surface area contributed by atoms with Crippen LogP contribution in [0.15, 0.2) is 84.9 Å². The molecule has 4 aromatic carbocycles. The second kappa shape index (κ2) is 15.8. The molecule has 0 aliphatic heterocycles. The maximum absolute atomic E-state index is 12.5. The fourth-order valence-corrected chi connectivity index (χ4v) is 3.77. The molecule has 0 radical (unpaired) electrons. The van der Waals surface area contributed by atoms with E-state index in [2.05, 4.69) is 0 Å². The summed E-state index contributed by atoms with van der Waals surface area (Å²) in [7, 11) is 0. The van der Waals surface area contributed by atoms with E-state index in [1.807, 2.05) is 48.5 Å². The first-order valence-corrected chi connectivity index (χ1v) is 12.8. The van der Waals surface area contributed by atoms with Gasteiger partial charge in [-0.15, -0.1) is 0 Å². The maximum atomic E-state index is 12.5. The Hall–Kier alpha value is -6.01. The maximum Gasteiger partial charge on any atom is 0.336 e. The molecule has 0 heterocycles. The van der Waals surface area contributed by atoms with Crippen LogP contribution in [0.3, 0.4) is 0 Å². The lowest BCUT2D eigenvalue weighted by Crippen LogP contribution is -2.13. The number of nitrogens with two attached hydrogens (primary N) is 2. The summed E-state index contributed by atoms with van der Waals surface area (Å²) in [5.74, 6) is -6.86. The van der Waals surface area contributed by atoms with Crippen LogP contribution in [0.1, 0.15) is 75.4 Å². The molecule has 228 valence electrons. The molecule has 44 heavy (non-hydrogen) atoms. The quantitative estimate of drug-likeness (QED) is 0.111. The van der Waals surface area contributed by atoms with Crippen molar-refractivity contribution in [3.8, 4) is 0 Å². The van der Waals surface area contributed by atoms with Gasteiger partial charge < -0.3 is 37.0 Å². The number of aromatic carboxylic acids is 4. The molecule has 0 saturated heterocycles. The van der Waals surface area contributed by atoms with E-state index in [0.29, 0.717) is 0 Å². The van der Waals surface area contributed by atoms with Gasteiger partial charge in [0.1, 0.15) is 0 Å². The Labute approximate surface area is 251 Å². The number of benzene rings is 4. The van der Waals surface area contributed by atoms with E-state index in [0.717, 1.165) is 54.2 Å². The average Bonchev–Trinajstić information content (AvgIpc) is 2.99. The summed E-state index contributed by atoms with van der Waals surface area (Å²) in [5.41, 5.74) is 12.8. The van der Waals surface area contributed by atoms with E-state index in [-0.39, 0.29) is 17.7 Å². The summed E-state index contributed by atoms with van der Waals surface area (Å²) in [6.45, 7) is 1.93. The first kappa shape index (κ1) is 34.2. The molecule has 9 N–H and O–H groups in total. The minimum absolute atomic E-state index is 0.188. The molecule has 0 spiro atoms. The molecular formula is C32H30N2O10. The summed E-state index contributed by atoms with van der Waals surface area (Å²) < 4.78 is 0. The lowest BCUT2D eigenvalue weighted by Gasteiger charge is -2.08. The number of rotatable bonds is 8. The van der Waals surface area contributed by atoms with Gasteiger partial charge in [-0.05, 0) is 73.0 Å². The van der Waals surface area contributed by atoms with Crippen LogP contribution in [-0.2, 0) is 6.42 Å². The van der Waals surface area contributed by atoms with Crippen LogP contribution in [0.2, 0.25) is 0 Å². The van der Waals surface area contributed by atoms with Crippen molar-refractivity contribution in [3.63, 3.8) is 0 Å². The summed E-state index contributed by atoms with van der Waals surface area (Å²) in [6, 6.07) is 21.7. The fourth-order valence-electron chi connectivity index (χ4n) is 3.77. The van der Waals surface area contributed by atoms with Crippen LogP contribution in [-0.4, -0.2) is 61.8 Å². The van der Waals surface area contributed by atoms with Gasteiger partial charge in [-0.2, -0.15) is 0 Å². The molecule has 0 unspecified atom stereocenters. The summed E-state index contributed by atoms with van der Waals surface area (Å²) in [5, 5.41) is 43.7. The van der Waals surface area contributed by atoms with E-state index < -0.39 is 51.9 Å². The number of carboxylic acid groups (broad SMARTS) is 4. The third kappa shape index (κ3) is 9.53. The van der Waals surface area contributed by atoms with Crippen LogP contribution in [0.5, 0.6) is 0 Å². The molecule has 0 aliphatic rings. The van der Waals surface area contributed by atoms with Crippen molar-refractivity contribution in [2.24, 2.45) is 0 Å². The highest BCUT2D eigenvalue weighted by atomic mass is 16.4. The number of hydrogen-bond donors (Lipinski definition) is 7. The normalized spacial score (nSPS) is 9.86. The Morgan fingerprint density at radius 1 is 0.523 bits per heavy atom. The van der Waals surface area contributed by atoms with Gasteiger partial charge >= 0.3 is 23.9 Å². The van der Waals surface area contributed by atoms with Gasteiger partial charge in [0.25, 0.3) is 0 Å². The number of aliphatic hydroxyl groups excluding tert-OH is 1. The Morgan fingerprint density at radius 3 is 1.09 bits per heavy atom. The smallest absolute Gasteiger partial charge is 0.336 e. The van der Waals surface area contributed by atoms with Crippen molar-refractivity contribution in [2.45, 2.75) is 13.3 Å². The number of carbonyl (C=O) groups is 5. The minimum atomic E-state index is -1.55. The van der Waals surface area contributed by atoms with Crippen molar-refractivity contribution in [2.75, 3.05) is 18.1 Å². The molecule has 0 aliphatic carbocycles. The molecule has 12 nitrogen and oxygen atoms in total. The molecule has 0 fully saturated rings. The van der Waals surface area contributed by atoms with Crippen molar-refractivity contribution in [1.82, 2.24) is 0 Å². The monoisotopic (exact) mass is 602 g/mol. The topological polar surface area (TPSA) is 239 Å². The van der Waals surface area contributed by atoms with Crippen molar-refractivity contribution < 1.29 is 49.5 Å². The highest BCUT2D eigenvalue weighted by Crippen LogP contribution is 2.19. The van der Waals surface area contributed by atoms with Gasteiger partial charge in [0.15, 0.2) is 5.78 Å². The van der Waals surface area contributed by atoms with Gasteiger partial charge in [0.2, 0.25) is 0 Å². The second-order valence-electron chi connectivity index (χ2n) is 9.05. The highest BCUT2D eigenvalue weighted by Gasteiger charge is 2.22. The van der Waals surface area contributed by atoms with E-state index in [1.165, 1.54) is 11.1 Å². The predicted molar refractivity (Wildman–Crippen MR) is 161 cm³/mol. The predicted octanol–water partition coefficient (Wildman–Crippen LogP) is 4.15. The number of carbonyl (C=O) groups excluding carboxylic acids is 1. The van der Waals surface area contributed by atoms with E-state index in [9.17, 15) is 24.0 Å². The van der Waals surface area contributed by atoms with Crippen molar-refractivity contribution >= 4 is 41.0 Å². The lowest BCUT2D eigenvalue weighted by atomic mass is 9.95. The number of carboxylic acids is 4. The molecule has 12 heteroatoms. The summed E-state index contributed by atoms with van der Waals surface area (Å²) in [6.07, 6.45) is 0.917. The molecule has 0 bridgehead atoms. The highest BCUT2D eigenvalue weighted by molar-refractivity contribution is 6.13. The second-order valence-corrected chi connectivity index (χ2v) is 9.05. The van der Waals surface area contributed by atoms with Crippen LogP contribution in [0.4, 0.5) is 11.4 Å². The van der Waals surface area contributed by atoms with Crippen LogP contribution in [0.25, 0.3) is 0 Å². The number of nitrogen functional groups attached to an aromatic ring is 2. The van der Waals surface area contributed by atoms with Crippen LogP contribution in [0, 0.1) is 0 Å². The van der Waals surface area contributed by atoms with E-state index in [1.54, 1.807) is 6.92 Å². The third-order valence-corrected chi connectivity index (χ3v) is 5.85. The molecule has 0 aromatic heterocycles. The van der Waals surface area contributed by atoms with E-state index >= 15 is 0 Å². The summed E-state index contributed by atoms with van der Waals surface area (Å²) >= 11 is 0. The third-order valence-electron chi connectivity index (χ3n) is 5.85. The minimum Gasteiger partial charge on any atom is -0.478 e. The van der Waals surface area contributed by atoms with Gasteiger partial charge in [0.05, 0.1) is 22.3 Å². The van der Waals surface area contributed by atoms with Crippen molar-refractivity contribution in [3.05, 3.63) is 129 Å². The molecule has 0 saturated carbocycles. The Morgan fingerprint density at radius 2 is 0.818 bits per heavy atom. The number of anilines is 2. The number of aliphatic hydroxyl groups is 1. The molecular weight excluding hydrogens is 572 g/mol. The molecule has 0 atom stereocenters. The summed E-state index contributed by atoms with van der Waals surface area (Å²) in [4.78, 5) is 56.9. The van der Waals surface area contributed by atoms with Gasteiger partial charge in [-0.25, -0.2) is 19.2 Å².